The first-order chi connectivity index (χ1) is 8.62. The maximum atomic E-state index is 3.80. The summed E-state index contributed by atoms with van der Waals surface area (Å²) in [4.78, 5) is 0. The number of hydrogen-bond acceptors (Lipinski definition) is 1. The van der Waals surface area contributed by atoms with Gasteiger partial charge in [-0.05, 0) is 50.1 Å². The van der Waals surface area contributed by atoms with E-state index < -0.39 is 0 Å². The second kappa shape index (κ2) is 9.67. The molecular formula is C17H27N. The number of allylic oxidation sites excluding steroid dienone is 3. The fourth-order valence-corrected chi connectivity index (χ4v) is 1.76. The Morgan fingerprint density at radius 3 is 2.33 bits per heavy atom. The minimum atomic E-state index is 0.587. The van der Waals surface area contributed by atoms with E-state index in [0.29, 0.717) is 5.92 Å². The molecule has 0 aliphatic heterocycles. The van der Waals surface area contributed by atoms with Gasteiger partial charge in [-0.25, -0.2) is 0 Å². The minimum absolute atomic E-state index is 0.587. The van der Waals surface area contributed by atoms with E-state index in [1.807, 2.05) is 20.2 Å². The number of hydrogen-bond donors (Lipinski definition) is 1. The van der Waals surface area contributed by atoms with E-state index in [4.69, 9.17) is 0 Å². The van der Waals surface area contributed by atoms with Gasteiger partial charge in [0.1, 0.15) is 0 Å². The van der Waals surface area contributed by atoms with E-state index in [9.17, 15) is 0 Å². The second-order valence-corrected chi connectivity index (χ2v) is 4.48. The third-order valence-electron chi connectivity index (χ3n) is 2.90. The predicted molar refractivity (Wildman–Crippen MR) is 83.8 cm³/mol. The van der Waals surface area contributed by atoms with Gasteiger partial charge in [-0.2, -0.15) is 0 Å². The summed E-state index contributed by atoms with van der Waals surface area (Å²) < 4.78 is 0. The summed E-state index contributed by atoms with van der Waals surface area (Å²) in [5.74, 6) is 0.587. The molecular weight excluding hydrogens is 218 g/mol. The SMILES string of the molecule is C=C/C=C(\c1ccccc1C)C(C)CC.CNC. The third-order valence-corrected chi connectivity index (χ3v) is 2.90. The van der Waals surface area contributed by atoms with Crippen molar-refractivity contribution in [2.75, 3.05) is 14.1 Å². The van der Waals surface area contributed by atoms with Crippen molar-refractivity contribution in [2.45, 2.75) is 27.2 Å². The van der Waals surface area contributed by atoms with Crippen LogP contribution in [0.4, 0.5) is 0 Å². The van der Waals surface area contributed by atoms with Crippen LogP contribution in [0.15, 0.2) is 43.0 Å². The lowest BCUT2D eigenvalue weighted by Crippen LogP contribution is -1.99. The Bertz CT molecular complexity index is 377. The zero-order valence-corrected chi connectivity index (χ0v) is 12.5. The fraction of sp³-hybridized carbons (Fsp3) is 0.412. The van der Waals surface area contributed by atoms with Crippen LogP contribution in [0.1, 0.15) is 31.4 Å². The van der Waals surface area contributed by atoms with Gasteiger partial charge in [0.25, 0.3) is 0 Å². The molecule has 1 rings (SSSR count). The van der Waals surface area contributed by atoms with E-state index in [1.165, 1.54) is 16.7 Å². The topological polar surface area (TPSA) is 12.0 Å². The third kappa shape index (κ3) is 5.33. The van der Waals surface area contributed by atoms with Crippen LogP contribution in [0.3, 0.4) is 0 Å². The van der Waals surface area contributed by atoms with Crippen LogP contribution >= 0.6 is 0 Å². The maximum absolute atomic E-state index is 3.80. The van der Waals surface area contributed by atoms with Gasteiger partial charge in [0.05, 0.1) is 0 Å². The fourth-order valence-electron chi connectivity index (χ4n) is 1.76. The van der Waals surface area contributed by atoms with Gasteiger partial charge in [0.15, 0.2) is 0 Å². The van der Waals surface area contributed by atoms with Crippen molar-refractivity contribution >= 4 is 5.57 Å². The zero-order chi connectivity index (χ0) is 14.0. The van der Waals surface area contributed by atoms with Crippen molar-refractivity contribution in [1.82, 2.24) is 5.32 Å². The summed E-state index contributed by atoms with van der Waals surface area (Å²) in [7, 11) is 3.75. The Morgan fingerprint density at radius 2 is 1.89 bits per heavy atom. The average Bonchev–Trinajstić information content (AvgIpc) is 2.37. The van der Waals surface area contributed by atoms with Crippen LogP contribution in [0.2, 0.25) is 0 Å². The molecule has 1 aromatic rings. The number of aryl methyl sites for hydroxylation is 1. The Labute approximate surface area is 113 Å². The molecule has 100 valence electrons. The highest BCUT2D eigenvalue weighted by atomic mass is 14.7. The summed E-state index contributed by atoms with van der Waals surface area (Å²) in [5.41, 5.74) is 4.09. The molecule has 0 aromatic heterocycles. The standard InChI is InChI=1S/C15H20.C2H7N/c1-5-9-14(12(3)6-2)15-11-8-7-10-13(15)4;1-3-2/h5,7-12H,1,6H2,2-4H3;3H,1-2H3/b14-9-;. The molecule has 1 N–H and O–H groups in total. The van der Waals surface area contributed by atoms with Crippen LogP contribution in [0, 0.1) is 12.8 Å². The lowest BCUT2D eigenvalue weighted by Gasteiger charge is -2.16. The highest BCUT2D eigenvalue weighted by Gasteiger charge is 2.09. The number of benzene rings is 1. The van der Waals surface area contributed by atoms with Crippen LogP contribution < -0.4 is 5.32 Å². The number of nitrogens with one attached hydrogen (secondary N) is 1. The maximum Gasteiger partial charge on any atom is -0.0167 e. The van der Waals surface area contributed by atoms with Gasteiger partial charge in [0, 0.05) is 0 Å². The summed E-state index contributed by atoms with van der Waals surface area (Å²) in [5, 5.41) is 2.75. The van der Waals surface area contributed by atoms with E-state index >= 15 is 0 Å². The first-order valence-corrected chi connectivity index (χ1v) is 6.59. The van der Waals surface area contributed by atoms with Gasteiger partial charge < -0.3 is 5.32 Å². The highest BCUT2D eigenvalue weighted by molar-refractivity contribution is 5.70. The van der Waals surface area contributed by atoms with Crippen molar-refractivity contribution in [1.29, 1.82) is 0 Å². The molecule has 1 unspecified atom stereocenters. The number of rotatable bonds is 4. The van der Waals surface area contributed by atoms with Gasteiger partial charge in [-0.1, -0.05) is 56.8 Å². The van der Waals surface area contributed by atoms with Crippen molar-refractivity contribution in [3.63, 3.8) is 0 Å². The van der Waals surface area contributed by atoms with E-state index in [2.05, 4.69) is 63.0 Å². The van der Waals surface area contributed by atoms with Crippen molar-refractivity contribution in [3.05, 3.63) is 54.1 Å². The monoisotopic (exact) mass is 245 g/mol. The molecule has 0 saturated carbocycles. The minimum Gasteiger partial charge on any atom is -0.323 e. The van der Waals surface area contributed by atoms with Gasteiger partial charge in [-0.3, -0.25) is 0 Å². The predicted octanol–water partition coefficient (Wildman–Crippen LogP) is 4.45. The molecule has 0 bridgehead atoms. The molecule has 0 spiro atoms. The quantitative estimate of drug-likeness (QED) is 0.773. The molecule has 0 amide bonds. The molecule has 0 radical (unpaired) electrons. The van der Waals surface area contributed by atoms with Crippen LogP contribution in [0.25, 0.3) is 5.57 Å². The van der Waals surface area contributed by atoms with E-state index in [0.717, 1.165) is 6.42 Å². The zero-order valence-electron chi connectivity index (χ0n) is 12.5. The summed E-state index contributed by atoms with van der Waals surface area (Å²) in [6.45, 7) is 10.4. The molecule has 1 aromatic carbocycles. The smallest absolute Gasteiger partial charge is 0.0167 e. The molecule has 1 nitrogen and oxygen atoms in total. The largest absolute Gasteiger partial charge is 0.323 e. The van der Waals surface area contributed by atoms with Gasteiger partial charge in [-0.15, -0.1) is 0 Å². The molecule has 1 atom stereocenters. The van der Waals surface area contributed by atoms with Crippen LogP contribution in [-0.4, -0.2) is 14.1 Å². The Balaban J connectivity index is 0.000000873. The summed E-state index contributed by atoms with van der Waals surface area (Å²) in [6, 6.07) is 8.54. The molecule has 0 fully saturated rings. The molecule has 0 aliphatic rings. The Morgan fingerprint density at radius 1 is 1.33 bits per heavy atom. The van der Waals surface area contributed by atoms with Crippen molar-refractivity contribution in [3.8, 4) is 0 Å². The van der Waals surface area contributed by atoms with Crippen LogP contribution in [0.5, 0.6) is 0 Å². The lowest BCUT2D eigenvalue weighted by atomic mass is 9.89. The first kappa shape index (κ1) is 16.7. The lowest BCUT2D eigenvalue weighted by molar-refractivity contribution is 0.717. The normalized spacial score (nSPS) is 12.4. The highest BCUT2D eigenvalue weighted by Crippen LogP contribution is 2.27. The van der Waals surface area contributed by atoms with Gasteiger partial charge in [0.2, 0.25) is 0 Å². The van der Waals surface area contributed by atoms with E-state index in [-0.39, 0.29) is 0 Å². The molecule has 0 aliphatic carbocycles. The molecule has 0 heterocycles. The van der Waals surface area contributed by atoms with Crippen LogP contribution in [-0.2, 0) is 0 Å². The average molecular weight is 245 g/mol. The summed E-state index contributed by atoms with van der Waals surface area (Å²) >= 11 is 0. The van der Waals surface area contributed by atoms with Crippen molar-refractivity contribution < 1.29 is 0 Å². The molecule has 1 heteroatoms. The van der Waals surface area contributed by atoms with E-state index in [1.54, 1.807) is 0 Å². The Kier molecular flexibility index (Phi) is 8.95. The Hall–Kier alpha value is -1.34. The van der Waals surface area contributed by atoms with Gasteiger partial charge >= 0.3 is 0 Å². The second-order valence-electron chi connectivity index (χ2n) is 4.48. The molecule has 0 saturated heterocycles. The first-order valence-electron chi connectivity index (χ1n) is 6.59. The summed E-state index contributed by atoms with van der Waals surface area (Å²) in [6.07, 6.45) is 5.18. The molecule has 18 heavy (non-hydrogen) atoms. The van der Waals surface area contributed by atoms with Crippen molar-refractivity contribution in [2.24, 2.45) is 5.92 Å².